The molecule has 0 aliphatic carbocycles. The molecule has 0 heterocycles. The first-order chi connectivity index (χ1) is 4.00. The Kier molecular flexibility index (Phi) is 11.4. The molecule has 8 N–H and O–H groups in total. The average molecular weight is 351 g/mol. The van der Waals surface area contributed by atoms with Crippen LogP contribution in [0, 0.1) is 38.6 Å². The van der Waals surface area contributed by atoms with Crippen molar-refractivity contribution < 1.29 is 77.0 Å². The standard InChI is InChI=1S/2H4O4Si.Tb/c2*1-5(2,3)4;/h2*1-4H;. The molecule has 0 rings (SSSR count). The van der Waals surface area contributed by atoms with Crippen LogP contribution in [0.25, 0.3) is 0 Å². The molecule has 8 nitrogen and oxygen atoms in total. The van der Waals surface area contributed by atoms with Gasteiger partial charge in [0.2, 0.25) is 0 Å². The van der Waals surface area contributed by atoms with E-state index in [1.165, 1.54) is 0 Å². The van der Waals surface area contributed by atoms with Gasteiger partial charge in [-0.05, 0) is 0 Å². The fourth-order valence-electron chi connectivity index (χ4n) is 0. The van der Waals surface area contributed by atoms with Gasteiger partial charge in [-0.25, -0.2) is 0 Å². The zero-order valence-electron chi connectivity index (χ0n) is 4.91. The summed E-state index contributed by atoms with van der Waals surface area (Å²) in [5.74, 6) is 0. The SMILES string of the molecule is O[Si](O)(O)O.O[Si](O)(O)O.[Tb]. The molecule has 0 aromatic heterocycles. The molecule has 0 bridgehead atoms. The predicted octanol–water partition coefficient (Wildman–Crippen LogP) is -5.22. The average Bonchev–Trinajstić information content (AvgIpc) is 1.12. The molecule has 0 saturated carbocycles. The summed E-state index contributed by atoms with van der Waals surface area (Å²) in [6, 6.07) is 0. The smallest absolute Gasteiger partial charge is 0.368 e. The van der Waals surface area contributed by atoms with Gasteiger partial charge in [0.05, 0.1) is 0 Å². The van der Waals surface area contributed by atoms with Crippen LogP contribution >= 0.6 is 0 Å². The van der Waals surface area contributed by atoms with Crippen LogP contribution in [0.15, 0.2) is 0 Å². The summed E-state index contributed by atoms with van der Waals surface area (Å²) in [4.78, 5) is 58.6. The Labute approximate surface area is 94.4 Å². The minimum atomic E-state index is -4.61. The molecule has 73 valence electrons. The van der Waals surface area contributed by atoms with Crippen LogP contribution in [-0.4, -0.2) is 56.5 Å². The van der Waals surface area contributed by atoms with Crippen molar-refractivity contribution in [3.8, 4) is 0 Å². The first-order valence-electron chi connectivity index (χ1n) is 1.79. The third-order valence-electron chi connectivity index (χ3n) is 0. The van der Waals surface area contributed by atoms with Crippen LogP contribution < -0.4 is 0 Å². The van der Waals surface area contributed by atoms with Gasteiger partial charge in [-0.1, -0.05) is 0 Å². The largest absolute Gasteiger partial charge is 0.668 e. The fourth-order valence-corrected chi connectivity index (χ4v) is 0. The number of hydrogen-bond donors (Lipinski definition) is 8. The Balaban J connectivity index is -0.000000107. The number of rotatable bonds is 0. The van der Waals surface area contributed by atoms with Gasteiger partial charge in [0, 0.05) is 38.6 Å². The predicted molar refractivity (Wildman–Crippen MR) is 29.3 cm³/mol. The van der Waals surface area contributed by atoms with Crippen LogP contribution in [0.1, 0.15) is 0 Å². The van der Waals surface area contributed by atoms with E-state index in [2.05, 4.69) is 0 Å². The van der Waals surface area contributed by atoms with Crippen molar-refractivity contribution in [2.45, 2.75) is 0 Å². The molecular formula is H8O8Si2Tb. The second-order valence-electron chi connectivity index (χ2n) is 1.20. The molecule has 11 heteroatoms. The first-order valence-corrected chi connectivity index (χ1v) is 5.37. The molecular weight excluding hydrogens is 343 g/mol. The van der Waals surface area contributed by atoms with E-state index in [0.717, 1.165) is 0 Å². The maximum absolute atomic E-state index is 7.33. The Morgan fingerprint density at radius 2 is 0.455 bits per heavy atom. The van der Waals surface area contributed by atoms with E-state index in [1.54, 1.807) is 0 Å². The summed E-state index contributed by atoms with van der Waals surface area (Å²) < 4.78 is 0. The summed E-state index contributed by atoms with van der Waals surface area (Å²) in [5.41, 5.74) is 0. The Bertz CT molecular complexity index is 55.1. The van der Waals surface area contributed by atoms with Crippen molar-refractivity contribution in [2.24, 2.45) is 0 Å². The molecule has 0 unspecified atom stereocenters. The van der Waals surface area contributed by atoms with Crippen molar-refractivity contribution in [1.82, 2.24) is 0 Å². The monoisotopic (exact) mass is 351 g/mol. The molecule has 0 fully saturated rings. The zero-order valence-corrected chi connectivity index (χ0v) is 9.05. The van der Waals surface area contributed by atoms with Crippen molar-refractivity contribution in [1.29, 1.82) is 0 Å². The van der Waals surface area contributed by atoms with Gasteiger partial charge in [-0.3, -0.25) is 0 Å². The summed E-state index contributed by atoms with van der Waals surface area (Å²) in [6.45, 7) is 0. The molecule has 0 amide bonds. The molecule has 0 saturated heterocycles. The van der Waals surface area contributed by atoms with Gasteiger partial charge >= 0.3 is 18.1 Å². The third kappa shape index (κ3) is 514. The summed E-state index contributed by atoms with van der Waals surface area (Å²) >= 11 is 0. The molecule has 0 aliphatic heterocycles. The second-order valence-corrected chi connectivity index (χ2v) is 3.60. The third-order valence-corrected chi connectivity index (χ3v) is 0. The maximum atomic E-state index is 7.33. The van der Waals surface area contributed by atoms with Gasteiger partial charge in [-0.2, -0.15) is 0 Å². The van der Waals surface area contributed by atoms with Gasteiger partial charge in [0.1, 0.15) is 0 Å². The van der Waals surface area contributed by atoms with Crippen molar-refractivity contribution in [3.63, 3.8) is 0 Å². The van der Waals surface area contributed by atoms with Gasteiger partial charge in [-0.15, -0.1) is 0 Å². The summed E-state index contributed by atoms with van der Waals surface area (Å²) in [6.07, 6.45) is 0. The van der Waals surface area contributed by atoms with E-state index in [0.29, 0.717) is 0 Å². The van der Waals surface area contributed by atoms with Gasteiger partial charge in [0.15, 0.2) is 0 Å². The van der Waals surface area contributed by atoms with Crippen molar-refractivity contribution in [3.05, 3.63) is 0 Å². The van der Waals surface area contributed by atoms with E-state index < -0.39 is 18.1 Å². The van der Waals surface area contributed by atoms with E-state index in [4.69, 9.17) is 38.4 Å². The van der Waals surface area contributed by atoms with E-state index in [-0.39, 0.29) is 38.6 Å². The van der Waals surface area contributed by atoms with Crippen molar-refractivity contribution in [2.75, 3.05) is 0 Å². The minimum absolute atomic E-state index is 0. The van der Waals surface area contributed by atoms with Crippen LogP contribution in [0.4, 0.5) is 0 Å². The van der Waals surface area contributed by atoms with E-state index in [1.807, 2.05) is 0 Å². The molecule has 0 aliphatic rings. The second kappa shape index (κ2) is 6.87. The Hall–Kier alpha value is 1.40. The minimum Gasteiger partial charge on any atom is -0.368 e. The van der Waals surface area contributed by atoms with Crippen LogP contribution in [0.2, 0.25) is 0 Å². The normalized spacial score (nSPS) is 10.9. The quantitative estimate of drug-likeness (QED) is 0.201. The molecule has 0 aromatic carbocycles. The van der Waals surface area contributed by atoms with Crippen molar-refractivity contribution >= 4 is 18.1 Å². The van der Waals surface area contributed by atoms with Gasteiger partial charge < -0.3 is 38.4 Å². The van der Waals surface area contributed by atoms with E-state index >= 15 is 0 Å². The topological polar surface area (TPSA) is 162 Å². The molecule has 11 heavy (non-hydrogen) atoms. The summed E-state index contributed by atoms with van der Waals surface area (Å²) in [7, 11) is -9.22. The molecule has 0 aromatic rings. The fraction of sp³-hybridized carbons (Fsp3) is 0. The molecule has 0 atom stereocenters. The Morgan fingerprint density at radius 1 is 0.455 bits per heavy atom. The molecule has 1 radical (unpaired) electrons. The van der Waals surface area contributed by atoms with Crippen LogP contribution in [0.3, 0.4) is 0 Å². The van der Waals surface area contributed by atoms with Gasteiger partial charge in [0.25, 0.3) is 0 Å². The van der Waals surface area contributed by atoms with Crippen LogP contribution in [0.5, 0.6) is 0 Å². The Morgan fingerprint density at radius 3 is 0.455 bits per heavy atom. The first kappa shape index (κ1) is 18.2. The zero-order chi connectivity index (χ0) is 9.00. The maximum Gasteiger partial charge on any atom is 0.668 e. The summed E-state index contributed by atoms with van der Waals surface area (Å²) in [5, 5.41) is 0. The van der Waals surface area contributed by atoms with Crippen LogP contribution in [-0.2, 0) is 0 Å². The molecule has 0 spiro atoms. The number of hydrogen-bond acceptors (Lipinski definition) is 8. The van der Waals surface area contributed by atoms with E-state index in [9.17, 15) is 0 Å².